The maximum Gasteiger partial charge on any atom is 0.316 e. The van der Waals surface area contributed by atoms with Crippen LogP contribution in [0.25, 0.3) is 0 Å². The summed E-state index contributed by atoms with van der Waals surface area (Å²) in [4.78, 5) is 10.5. The molecule has 0 aromatic rings. The van der Waals surface area contributed by atoms with Gasteiger partial charge in [0.2, 0.25) is 5.78 Å². The summed E-state index contributed by atoms with van der Waals surface area (Å²) in [5, 5.41) is -0.646. The molecule has 6 heteroatoms. The van der Waals surface area contributed by atoms with E-state index in [9.17, 15) is 13.6 Å². The average Bonchev–Trinajstić information content (AvgIpc) is 1.86. The van der Waals surface area contributed by atoms with Crippen molar-refractivity contribution in [2.75, 3.05) is 5.33 Å². The van der Waals surface area contributed by atoms with Crippen molar-refractivity contribution < 1.29 is 13.6 Å². The van der Waals surface area contributed by atoms with Gasteiger partial charge in [0.25, 0.3) is 0 Å². The maximum absolute atomic E-state index is 12.3. The van der Waals surface area contributed by atoms with Crippen LogP contribution < -0.4 is 0 Å². The number of halogens is 5. The summed E-state index contributed by atoms with van der Waals surface area (Å²) in [6.07, 6.45) is 0. The van der Waals surface area contributed by atoms with Gasteiger partial charge in [-0.1, -0.05) is 47.8 Å². The van der Waals surface area contributed by atoms with E-state index in [0.717, 1.165) is 0 Å². The second kappa shape index (κ2) is 4.11. The molecule has 0 aromatic carbocycles. The van der Waals surface area contributed by atoms with Gasteiger partial charge in [0.15, 0.2) is 0 Å². The molecule has 10 heavy (non-hydrogen) atoms. The fourth-order valence-corrected chi connectivity index (χ4v) is 1.17. The zero-order valence-corrected chi connectivity index (χ0v) is 9.34. The predicted molar refractivity (Wildman–Crippen MR) is 45.4 cm³/mol. The van der Waals surface area contributed by atoms with Crippen LogP contribution in [0.1, 0.15) is 0 Å². The molecule has 0 amide bonds. The number of rotatable bonds is 3. The second-order valence-electron chi connectivity index (χ2n) is 1.50. The van der Waals surface area contributed by atoms with Gasteiger partial charge in [0, 0.05) is 0 Å². The molecule has 0 unspecified atom stereocenters. The van der Waals surface area contributed by atoms with E-state index in [1.54, 1.807) is 0 Å². The highest BCUT2D eigenvalue weighted by molar-refractivity contribution is 9.25. The van der Waals surface area contributed by atoms with Gasteiger partial charge in [-0.15, -0.1) is 0 Å². The number of Topliss-reactive ketones (excluding diaryl/α,β-unsaturated/α-hetero) is 1. The summed E-state index contributed by atoms with van der Waals surface area (Å²) < 4.78 is 23.7. The van der Waals surface area contributed by atoms with Gasteiger partial charge in [0.05, 0.1) is 5.33 Å². The van der Waals surface area contributed by atoms with Gasteiger partial charge in [-0.25, -0.2) is 0 Å². The Bertz CT molecular complexity index is 136. The molecule has 0 saturated heterocycles. The van der Waals surface area contributed by atoms with Gasteiger partial charge in [-0.2, -0.15) is 8.78 Å². The lowest BCUT2D eigenvalue weighted by atomic mass is 10.3. The normalized spacial score (nSPS) is 12.2. The van der Waals surface area contributed by atoms with Crippen molar-refractivity contribution in [2.24, 2.45) is 0 Å². The monoisotopic (exact) mass is 342 g/mol. The zero-order chi connectivity index (χ0) is 8.36. The number of carbonyl (C=O) groups excluding carboxylic acids is 1. The summed E-state index contributed by atoms with van der Waals surface area (Å²) in [6, 6.07) is 0. The quantitative estimate of drug-likeness (QED) is 0.719. The molecule has 0 radical (unpaired) electrons. The minimum Gasteiger partial charge on any atom is -0.291 e. The number of carbonyl (C=O) groups is 1. The van der Waals surface area contributed by atoms with Crippen LogP contribution in [0.2, 0.25) is 0 Å². The minimum atomic E-state index is -3.29. The SMILES string of the molecule is O=C(C(Br)Br)C(F)(F)CBr. The summed E-state index contributed by atoms with van der Waals surface area (Å²) in [5.74, 6) is -4.47. The van der Waals surface area contributed by atoms with E-state index in [1.807, 2.05) is 0 Å². The largest absolute Gasteiger partial charge is 0.316 e. The van der Waals surface area contributed by atoms with Crippen LogP contribution in [-0.2, 0) is 4.79 Å². The first-order chi connectivity index (χ1) is 4.41. The third kappa shape index (κ3) is 2.92. The molecule has 0 aliphatic carbocycles. The lowest BCUT2D eigenvalue weighted by Crippen LogP contribution is -2.34. The van der Waals surface area contributed by atoms with Gasteiger partial charge in [-0.05, 0) is 0 Å². The van der Waals surface area contributed by atoms with Crippen LogP contribution in [0.3, 0.4) is 0 Å². The molecular formula is C4H3Br3F2O. The molecular weight excluding hydrogens is 342 g/mol. The van der Waals surface area contributed by atoms with Gasteiger partial charge in [-0.3, -0.25) is 4.79 Å². The maximum atomic E-state index is 12.3. The molecule has 0 atom stereocenters. The van der Waals surface area contributed by atoms with Crippen molar-refractivity contribution in [1.29, 1.82) is 0 Å². The van der Waals surface area contributed by atoms with Crippen LogP contribution >= 0.6 is 47.8 Å². The van der Waals surface area contributed by atoms with E-state index >= 15 is 0 Å². The lowest BCUT2D eigenvalue weighted by molar-refractivity contribution is -0.137. The van der Waals surface area contributed by atoms with Crippen molar-refractivity contribution in [3.05, 3.63) is 0 Å². The van der Waals surface area contributed by atoms with Gasteiger partial charge < -0.3 is 0 Å². The lowest BCUT2D eigenvalue weighted by Gasteiger charge is -2.11. The van der Waals surface area contributed by atoms with E-state index in [4.69, 9.17) is 0 Å². The summed E-state index contributed by atoms with van der Waals surface area (Å²) >= 11 is 7.89. The van der Waals surface area contributed by atoms with Crippen LogP contribution in [0.4, 0.5) is 8.78 Å². The Hall–Kier alpha value is 0.970. The third-order valence-corrected chi connectivity index (χ3v) is 2.26. The van der Waals surface area contributed by atoms with Crippen LogP contribution in [0.5, 0.6) is 0 Å². The molecule has 0 fully saturated rings. The Balaban J connectivity index is 4.19. The first kappa shape index (κ1) is 11.0. The molecule has 0 rings (SSSR count). The number of ketones is 1. The van der Waals surface area contributed by atoms with E-state index in [1.165, 1.54) is 0 Å². The van der Waals surface area contributed by atoms with E-state index in [0.29, 0.717) is 0 Å². The molecule has 0 heterocycles. The van der Waals surface area contributed by atoms with Gasteiger partial charge >= 0.3 is 5.92 Å². The predicted octanol–water partition coefficient (Wildman–Crippen LogP) is 2.70. The minimum absolute atomic E-state index is 0.646. The summed E-state index contributed by atoms with van der Waals surface area (Å²) in [7, 11) is 0. The Morgan fingerprint density at radius 3 is 2.00 bits per heavy atom. The summed E-state index contributed by atoms with van der Waals surface area (Å²) in [5.41, 5.74) is 0. The highest BCUT2D eigenvalue weighted by atomic mass is 79.9. The van der Waals surface area contributed by atoms with E-state index in [2.05, 4.69) is 47.8 Å². The number of alkyl halides is 5. The van der Waals surface area contributed by atoms with Crippen molar-refractivity contribution in [3.63, 3.8) is 0 Å². The van der Waals surface area contributed by atoms with Crippen molar-refractivity contribution in [2.45, 2.75) is 9.66 Å². The first-order valence-corrected chi connectivity index (χ1v) is 5.13. The van der Waals surface area contributed by atoms with Crippen molar-refractivity contribution in [1.82, 2.24) is 0 Å². The molecule has 0 aliphatic rings. The molecule has 0 bridgehead atoms. The standard InChI is InChI=1S/C4H3Br3F2O/c5-1-4(8,9)2(10)3(6)7/h3H,1H2. The molecule has 1 nitrogen and oxygen atoms in total. The zero-order valence-electron chi connectivity index (χ0n) is 4.58. The average molecular weight is 345 g/mol. The fourth-order valence-electron chi connectivity index (χ4n) is 0.225. The van der Waals surface area contributed by atoms with Gasteiger partial charge in [0.1, 0.15) is 3.74 Å². The Morgan fingerprint density at radius 1 is 1.50 bits per heavy atom. The fraction of sp³-hybridized carbons (Fsp3) is 0.750. The third-order valence-electron chi connectivity index (χ3n) is 0.727. The Morgan fingerprint density at radius 2 is 1.90 bits per heavy atom. The molecule has 0 aromatic heterocycles. The molecule has 0 N–H and O–H groups in total. The van der Waals surface area contributed by atoms with E-state index < -0.39 is 20.8 Å². The summed E-state index contributed by atoms with van der Waals surface area (Å²) in [6.45, 7) is 0. The van der Waals surface area contributed by atoms with Crippen LogP contribution in [0.15, 0.2) is 0 Å². The first-order valence-electron chi connectivity index (χ1n) is 2.18. The van der Waals surface area contributed by atoms with Crippen LogP contribution in [-0.4, -0.2) is 20.8 Å². The van der Waals surface area contributed by atoms with Crippen molar-refractivity contribution >= 4 is 53.6 Å². The highest BCUT2D eigenvalue weighted by Crippen LogP contribution is 2.24. The molecule has 0 aliphatic heterocycles. The second-order valence-corrected chi connectivity index (χ2v) is 5.12. The van der Waals surface area contributed by atoms with E-state index in [-0.39, 0.29) is 0 Å². The molecule has 0 saturated carbocycles. The van der Waals surface area contributed by atoms with Crippen molar-refractivity contribution in [3.8, 4) is 0 Å². The number of hydrogen-bond donors (Lipinski definition) is 0. The highest BCUT2D eigenvalue weighted by Gasteiger charge is 2.39. The molecule has 0 spiro atoms. The number of hydrogen-bond acceptors (Lipinski definition) is 1. The Labute approximate surface area is 81.9 Å². The topological polar surface area (TPSA) is 17.1 Å². The smallest absolute Gasteiger partial charge is 0.291 e. The van der Waals surface area contributed by atoms with Crippen LogP contribution in [0, 0.1) is 0 Å². The Kier molecular flexibility index (Phi) is 4.51. The molecule has 60 valence electrons.